The van der Waals surface area contributed by atoms with Gasteiger partial charge in [-0.1, -0.05) is 11.6 Å². The van der Waals surface area contributed by atoms with Crippen molar-refractivity contribution in [2.45, 2.75) is 17.3 Å². The van der Waals surface area contributed by atoms with E-state index in [1.165, 1.54) is 0 Å². The monoisotopic (exact) mass is 235 g/mol. The lowest BCUT2D eigenvalue weighted by atomic mass is 10.8. The topological polar surface area (TPSA) is 47.6 Å². The second-order valence-electron chi connectivity index (χ2n) is 1.68. The third-order valence-corrected chi connectivity index (χ3v) is 1.78. The van der Waals surface area contributed by atoms with Crippen LogP contribution in [0.5, 0.6) is 0 Å². The predicted molar refractivity (Wildman–Crippen MR) is 46.4 cm³/mol. The van der Waals surface area contributed by atoms with Crippen LogP contribution in [-0.2, 0) is 9.78 Å². The van der Waals surface area contributed by atoms with E-state index in [9.17, 15) is 4.79 Å². The van der Waals surface area contributed by atoms with Gasteiger partial charge in [0.15, 0.2) is 4.84 Å². The smallest absolute Gasteiger partial charge is 0.319 e. The molecule has 4 nitrogen and oxygen atoms in total. The number of carbonyl (C=O) groups excluding carboxylic acids is 1. The van der Waals surface area contributed by atoms with Gasteiger partial charge in [0.1, 0.15) is 0 Å². The van der Waals surface area contributed by atoms with Gasteiger partial charge in [0.05, 0.1) is 0 Å². The van der Waals surface area contributed by atoms with Crippen molar-refractivity contribution in [3.8, 4) is 0 Å². The van der Waals surface area contributed by atoms with E-state index in [0.29, 0.717) is 6.54 Å². The fourth-order valence-corrected chi connectivity index (χ4v) is 0.426. The number of halogens is 3. The largest absolute Gasteiger partial charge is 0.438 e. The Labute approximate surface area is 85.0 Å². The molecule has 0 aromatic rings. The molecular weight excluding hydrogens is 228 g/mol. The van der Waals surface area contributed by atoms with Crippen LogP contribution in [0, 0.1) is 0 Å². The van der Waals surface area contributed by atoms with Crippen LogP contribution in [0.15, 0.2) is 0 Å². The lowest BCUT2D eigenvalue weighted by molar-refractivity contribution is -0.248. The van der Waals surface area contributed by atoms with Gasteiger partial charge in [-0.2, -0.15) is 4.89 Å². The average Bonchev–Trinajstić information content (AvgIpc) is 2.00. The van der Waals surface area contributed by atoms with Gasteiger partial charge in [-0.15, -0.1) is 23.2 Å². The van der Waals surface area contributed by atoms with Crippen LogP contribution in [0.25, 0.3) is 0 Å². The second-order valence-corrected chi connectivity index (χ2v) is 3.28. The lowest BCUT2D eigenvalue weighted by Crippen LogP contribution is -2.26. The summed E-state index contributed by atoms with van der Waals surface area (Å²) in [6, 6.07) is 0. The zero-order valence-electron chi connectivity index (χ0n) is 6.22. The highest BCUT2D eigenvalue weighted by molar-refractivity contribution is 6.48. The fraction of sp³-hybridized carbons (Fsp3) is 0.800. The van der Waals surface area contributed by atoms with Crippen LogP contribution in [0.1, 0.15) is 6.92 Å². The zero-order chi connectivity index (χ0) is 9.56. The Morgan fingerprint density at radius 1 is 1.50 bits per heavy atom. The molecule has 0 aliphatic carbocycles. The van der Waals surface area contributed by atoms with Gasteiger partial charge in [0.2, 0.25) is 5.56 Å². The van der Waals surface area contributed by atoms with E-state index in [0.717, 1.165) is 0 Å². The standard InChI is InChI=1S/C5H8Cl3NO3/c1-2-9-5(10)12-11-4(8)3(6)7/h3-4H,2H2,1H3,(H,9,10). The zero-order valence-corrected chi connectivity index (χ0v) is 8.49. The van der Waals surface area contributed by atoms with Crippen LogP contribution in [0.3, 0.4) is 0 Å². The molecule has 0 aromatic heterocycles. The SMILES string of the molecule is CCNC(=O)OOC(Cl)C(Cl)Cl. The summed E-state index contributed by atoms with van der Waals surface area (Å²) >= 11 is 15.9. The first-order valence-corrected chi connectivity index (χ1v) is 4.42. The molecule has 1 amide bonds. The number of nitrogens with one attached hydrogen (secondary N) is 1. The van der Waals surface area contributed by atoms with Crippen molar-refractivity contribution in [2.75, 3.05) is 6.54 Å². The number of amides is 1. The third-order valence-electron chi connectivity index (χ3n) is 0.735. The van der Waals surface area contributed by atoms with E-state index in [1.54, 1.807) is 6.92 Å². The molecule has 1 atom stereocenters. The maximum atomic E-state index is 10.6. The number of rotatable bonds is 4. The van der Waals surface area contributed by atoms with Crippen LogP contribution >= 0.6 is 34.8 Å². The first-order valence-electron chi connectivity index (χ1n) is 3.11. The molecule has 0 radical (unpaired) electrons. The average molecular weight is 236 g/mol. The summed E-state index contributed by atoms with van der Waals surface area (Å²) in [5.41, 5.74) is -1.07. The van der Waals surface area contributed by atoms with Crippen molar-refractivity contribution in [2.24, 2.45) is 0 Å². The minimum Gasteiger partial charge on any atom is -0.319 e. The van der Waals surface area contributed by atoms with Gasteiger partial charge in [0, 0.05) is 6.54 Å². The summed E-state index contributed by atoms with van der Waals surface area (Å²) in [6.07, 6.45) is -0.739. The van der Waals surface area contributed by atoms with Crippen molar-refractivity contribution in [3.05, 3.63) is 0 Å². The summed E-state index contributed by atoms with van der Waals surface area (Å²) in [5.74, 6) is 0. The summed E-state index contributed by atoms with van der Waals surface area (Å²) in [6.45, 7) is 2.16. The maximum Gasteiger partial charge on any atom is 0.438 e. The van der Waals surface area contributed by atoms with Gasteiger partial charge in [-0.25, -0.2) is 4.79 Å². The van der Waals surface area contributed by atoms with Gasteiger partial charge in [-0.05, 0) is 6.92 Å². The molecule has 0 saturated carbocycles. The van der Waals surface area contributed by atoms with Gasteiger partial charge in [-0.3, -0.25) is 4.89 Å². The molecule has 1 unspecified atom stereocenters. The van der Waals surface area contributed by atoms with Gasteiger partial charge in [0.25, 0.3) is 0 Å². The molecular formula is C5H8Cl3NO3. The molecule has 0 fully saturated rings. The normalized spacial score (nSPS) is 12.8. The summed E-state index contributed by atoms with van der Waals surface area (Å²) in [4.78, 5) is 18.1. The molecule has 0 aliphatic heterocycles. The molecule has 0 rings (SSSR count). The Balaban J connectivity index is 3.47. The molecule has 0 heterocycles. The fourth-order valence-electron chi connectivity index (χ4n) is 0.305. The van der Waals surface area contributed by atoms with Crippen LogP contribution in [0.2, 0.25) is 0 Å². The summed E-state index contributed by atoms with van der Waals surface area (Å²) in [5, 5.41) is 2.31. The Kier molecular flexibility index (Phi) is 6.65. The summed E-state index contributed by atoms with van der Waals surface area (Å²) in [7, 11) is 0. The Morgan fingerprint density at radius 2 is 2.08 bits per heavy atom. The van der Waals surface area contributed by atoms with E-state index in [-0.39, 0.29) is 0 Å². The van der Waals surface area contributed by atoms with Gasteiger partial charge >= 0.3 is 6.09 Å². The molecule has 0 aromatic carbocycles. The Hall–Kier alpha value is 0.1000. The Bertz CT molecular complexity index is 144. The molecule has 0 saturated heterocycles. The highest BCUT2D eigenvalue weighted by atomic mass is 35.5. The maximum absolute atomic E-state index is 10.6. The number of carbonyl (C=O) groups is 1. The number of hydrogen-bond acceptors (Lipinski definition) is 3. The van der Waals surface area contributed by atoms with Gasteiger partial charge < -0.3 is 5.32 Å². The predicted octanol–water partition coefficient (Wildman–Crippen LogP) is 2.03. The number of alkyl halides is 3. The highest BCUT2D eigenvalue weighted by Gasteiger charge is 2.17. The molecule has 72 valence electrons. The molecule has 0 bridgehead atoms. The molecule has 0 aliphatic rings. The second kappa shape index (κ2) is 6.60. The third kappa shape index (κ3) is 5.71. The van der Waals surface area contributed by atoms with Crippen LogP contribution in [0.4, 0.5) is 4.79 Å². The van der Waals surface area contributed by atoms with Crippen molar-refractivity contribution in [3.63, 3.8) is 0 Å². The van der Waals surface area contributed by atoms with E-state index < -0.39 is 16.5 Å². The minimum atomic E-state index is -1.07. The minimum absolute atomic E-state index is 0.431. The first-order chi connectivity index (χ1) is 5.57. The quantitative estimate of drug-likeness (QED) is 0.462. The van der Waals surface area contributed by atoms with Crippen LogP contribution < -0.4 is 5.32 Å². The van der Waals surface area contributed by atoms with E-state index in [1.807, 2.05) is 0 Å². The van der Waals surface area contributed by atoms with Crippen molar-refractivity contribution < 1.29 is 14.6 Å². The van der Waals surface area contributed by atoms with Crippen LogP contribution in [-0.4, -0.2) is 23.0 Å². The number of hydrogen-bond donors (Lipinski definition) is 1. The lowest BCUT2D eigenvalue weighted by Gasteiger charge is -2.09. The summed E-state index contributed by atoms with van der Waals surface area (Å²) < 4.78 is 0. The molecule has 12 heavy (non-hydrogen) atoms. The van der Waals surface area contributed by atoms with Crippen molar-refractivity contribution in [1.82, 2.24) is 5.32 Å². The van der Waals surface area contributed by atoms with E-state index in [2.05, 4.69) is 15.1 Å². The highest BCUT2D eigenvalue weighted by Crippen LogP contribution is 2.15. The van der Waals surface area contributed by atoms with E-state index >= 15 is 0 Å². The first kappa shape index (κ1) is 12.1. The molecule has 0 spiro atoms. The molecule has 1 N–H and O–H groups in total. The molecule has 7 heteroatoms. The Morgan fingerprint density at radius 3 is 2.50 bits per heavy atom. The van der Waals surface area contributed by atoms with Crippen molar-refractivity contribution >= 4 is 40.9 Å². The van der Waals surface area contributed by atoms with Crippen molar-refractivity contribution in [1.29, 1.82) is 0 Å². The van der Waals surface area contributed by atoms with E-state index in [4.69, 9.17) is 34.8 Å².